The first kappa shape index (κ1) is 7.99. The lowest BCUT2D eigenvalue weighted by atomic mass is 10.1. The van der Waals surface area contributed by atoms with E-state index in [1.54, 1.807) is 11.3 Å². The summed E-state index contributed by atoms with van der Waals surface area (Å²) in [6.45, 7) is 2.08. The van der Waals surface area contributed by atoms with Gasteiger partial charge in [0.15, 0.2) is 5.78 Å². The van der Waals surface area contributed by atoms with E-state index in [1.165, 1.54) is 16.2 Å². The van der Waals surface area contributed by atoms with E-state index in [0.29, 0.717) is 5.78 Å². The highest BCUT2D eigenvalue weighted by atomic mass is 32.1. The van der Waals surface area contributed by atoms with E-state index >= 15 is 0 Å². The van der Waals surface area contributed by atoms with Gasteiger partial charge < -0.3 is 0 Å². The largest absolute Gasteiger partial charge is 0.294 e. The molecule has 64 valence electrons. The van der Waals surface area contributed by atoms with Gasteiger partial charge in [-0.15, -0.1) is 11.3 Å². The molecule has 0 saturated carbocycles. The molecule has 0 amide bonds. The number of aryl methyl sites for hydroxylation is 2. The maximum atomic E-state index is 11.5. The molecule has 0 atom stereocenters. The Hall–Kier alpha value is -0.630. The fourth-order valence-electron chi connectivity index (χ4n) is 1.69. The van der Waals surface area contributed by atoms with Crippen molar-refractivity contribution in [3.8, 4) is 0 Å². The van der Waals surface area contributed by atoms with Crippen molar-refractivity contribution in [2.45, 2.75) is 32.6 Å². The number of thiophene rings is 1. The second-order valence-electron chi connectivity index (χ2n) is 3.32. The molecule has 1 aromatic heterocycles. The molecule has 0 aromatic carbocycles. The van der Waals surface area contributed by atoms with Crippen molar-refractivity contribution in [1.82, 2.24) is 0 Å². The van der Waals surface area contributed by atoms with E-state index in [2.05, 4.69) is 6.92 Å². The first-order valence-corrected chi connectivity index (χ1v) is 5.21. The van der Waals surface area contributed by atoms with Gasteiger partial charge in [0.05, 0.1) is 0 Å². The second-order valence-corrected chi connectivity index (χ2v) is 4.67. The van der Waals surface area contributed by atoms with Crippen molar-refractivity contribution < 1.29 is 4.79 Å². The molecule has 0 spiro atoms. The van der Waals surface area contributed by atoms with Crippen LogP contribution in [0.5, 0.6) is 0 Å². The Morgan fingerprint density at radius 1 is 1.33 bits per heavy atom. The third-order valence-electron chi connectivity index (χ3n) is 2.29. The molecule has 2 heteroatoms. The fourth-order valence-corrected chi connectivity index (χ4v) is 2.78. The predicted molar refractivity (Wildman–Crippen MR) is 50.9 cm³/mol. The highest BCUT2D eigenvalue weighted by Crippen LogP contribution is 2.28. The summed E-state index contributed by atoms with van der Waals surface area (Å²) in [5.41, 5.74) is 1.01. The van der Waals surface area contributed by atoms with E-state index in [0.717, 1.165) is 24.8 Å². The quantitative estimate of drug-likeness (QED) is 0.561. The van der Waals surface area contributed by atoms with E-state index in [9.17, 15) is 4.79 Å². The van der Waals surface area contributed by atoms with E-state index in [4.69, 9.17) is 0 Å². The van der Waals surface area contributed by atoms with Crippen LogP contribution in [0.1, 0.15) is 39.4 Å². The van der Waals surface area contributed by atoms with Gasteiger partial charge in [0.1, 0.15) is 0 Å². The van der Waals surface area contributed by atoms with Gasteiger partial charge >= 0.3 is 0 Å². The predicted octanol–water partition coefficient (Wildman–Crippen LogP) is 2.97. The smallest absolute Gasteiger partial charge is 0.164 e. The van der Waals surface area contributed by atoms with Gasteiger partial charge in [-0.1, -0.05) is 0 Å². The van der Waals surface area contributed by atoms with Crippen molar-refractivity contribution in [3.63, 3.8) is 0 Å². The summed E-state index contributed by atoms with van der Waals surface area (Å²) in [4.78, 5) is 14.1. The SMILES string of the molecule is Cc1cc2c(s1)CCCCC2=O. The van der Waals surface area contributed by atoms with E-state index in [1.807, 2.05) is 6.07 Å². The van der Waals surface area contributed by atoms with Crippen LogP contribution >= 0.6 is 11.3 Å². The Morgan fingerprint density at radius 3 is 2.92 bits per heavy atom. The van der Waals surface area contributed by atoms with Crippen LogP contribution in [0.15, 0.2) is 6.07 Å². The van der Waals surface area contributed by atoms with E-state index in [-0.39, 0.29) is 0 Å². The number of rotatable bonds is 0. The van der Waals surface area contributed by atoms with Gasteiger partial charge in [-0.2, -0.15) is 0 Å². The van der Waals surface area contributed by atoms with Crippen molar-refractivity contribution >= 4 is 17.1 Å². The lowest BCUT2D eigenvalue weighted by molar-refractivity contribution is 0.0982. The highest BCUT2D eigenvalue weighted by molar-refractivity contribution is 7.12. The Kier molecular flexibility index (Phi) is 2.01. The molecule has 0 fully saturated rings. The molecule has 0 bridgehead atoms. The molecule has 0 N–H and O–H groups in total. The van der Waals surface area contributed by atoms with Gasteiger partial charge in [-0.05, 0) is 32.3 Å². The van der Waals surface area contributed by atoms with Gasteiger partial charge in [0, 0.05) is 21.7 Å². The van der Waals surface area contributed by atoms with E-state index < -0.39 is 0 Å². The average Bonchev–Trinajstić information content (AvgIpc) is 2.33. The van der Waals surface area contributed by atoms with Crippen LogP contribution in [0.25, 0.3) is 0 Å². The van der Waals surface area contributed by atoms with Crippen molar-refractivity contribution in [3.05, 3.63) is 21.4 Å². The normalized spacial score (nSPS) is 17.2. The summed E-state index contributed by atoms with van der Waals surface area (Å²) in [6, 6.07) is 2.05. The zero-order chi connectivity index (χ0) is 8.55. The van der Waals surface area contributed by atoms with Crippen molar-refractivity contribution in [2.75, 3.05) is 0 Å². The molecule has 2 rings (SSSR count). The number of fused-ring (bicyclic) bond motifs is 1. The minimum absolute atomic E-state index is 0.354. The van der Waals surface area contributed by atoms with Crippen LogP contribution in [0.4, 0.5) is 0 Å². The van der Waals surface area contributed by atoms with Crippen LogP contribution in [0.2, 0.25) is 0 Å². The molecule has 1 aromatic rings. The third kappa shape index (κ3) is 1.31. The maximum absolute atomic E-state index is 11.5. The molecule has 12 heavy (non-hydrogen) atoms. The van der Waals surface area contributed by atoms with Crippen LogP contribution in [-0.2, 0) is 6.42 Å². The highest BCUT2D eigenvalue weighted by Gasteiger charge is 2.17. The number of carbonyl (C=O) groups is 1. The van der Waals surface area contributed by atoms with Crippen LogP contribution in [0.3, 0.4) is 0 Å². The number of hydrogen-bond acceptors (Lipinski definition) is 2. The van der Waals surface area contributed by atoms with Gasteiger partial charge in [0.2, 0.25) is 0 Å². The first-order chi connectivity index (χ1) is 5.77. The summed E-state index contributed by atoms with van der Waals surface area (Å²) in [5.74, 6) is 0.354. The summed E-state index contributed by atoms with van der Waals surface area (Å²) in [7, 11) is 0. The molecule has 1 nitrogen and oxygen atoms in total. The zero-order valence-electron chi connectivity index (χ0n) is 7.22. The fraction of sp³-hybridized carbons (Fsp3) is 0.500. The Labute approximate surface area is 76.4 Å². The summed E-state index contributed by atoms with van der Waals surface area (Å²) in [6.07, 6.45) is 4.11. The average molecular weight is 180 g/mol. The third-order valence-corrected chi connectivity index (χ3v) is 3.40. The Morgan fingerprint density at radius 2 is 2.08 bits per heavy atom. The van der Waals surface area contributed by atoms with Gasteiger partial charge in [-0.25, -0.2) is 0 Å². The Bertz CT molecular complexity index is 312. The molecule has 1 aliphatic carbocycles. The number of ketones is 1. The summed E-state index contributed by atoms with van der Waals surface area (Å²) >= 11 is 1.79. The summed E-state index contributed by atoms with van der Waals surface area (Å²) in [5, 5.41) is 0. The number of carbonyl (C=O) groups excluding carboxylic acids is 1. The monoisotopic (exact) mass is 180 g/mol. The number of hydrogen-bond donors (Lipinski definition) is 0. The molecule has 0 unspecified atom stereocenters. The van der Waals surface area contributed by atoms with Gasteiger partial charge in [-0.3, -0.25) is 4.79 Å². The minimum Gasteiger partial charge on any atom is -0.294 e. The van der Waals surface area contributed by atoms with Crippen LogP contribution in [-0.4, -0.2) is 5.78 Å². The number of Topliss-reactive ketones (excluding diaryl/α,β-unsaturated/α-hetero) is 1. The lowest BCUT2D eigenvalue weighted by Gasteiger charge is -1.92. The van der Waals surface area contributed by atoms with Crippen LogP contribution in [0, 0.1) is 6.92 Å². The zero-order valence-corrected chi connectivity index (χ0v) is 8.04. The summed E-state index contributed by atoms with van der Waals surface area (Å²) < 4.78 is 0. The molecule has 0 saturated heterocycles. The molecule has 1 heterocycles. The topological polar surface area (TPSA) is 17.1 Å². The molecule has 1 aliphatic rings. The van der Waals surface area contributed by atoms with Crippen molar-refractivity contribution in [1.29, 1.82) is 0 Å². The maximum Gasteiger partial charge on any atom is 0.164 e. The lowest BCUT2D eigenvalue weighted by Crippen LogP contribution is -1.95. The minimum atomic E-state index is 0.354. The van der Waals surface area contributed by atoms with Gasteiger partial charge in [0.25, 0.3) is 0 Å². The van der Waals surface area contributed by atoms with Crippen LogP contribution < -0.4 is 0 Å². The Balaban J connectivity index is 2.44. The molecule has 0 radical (unpaired) electrons. The van der Waals surface area contributed by atoms with Crippen molar-refractivity contribution in [2.24, 2.45) is 0 Å². The first-order valence-electron chi connectivity index (χ1n) is 4.40. The molecular formula is C10H12OS. The second kappa shape index (κ2) is 3.02. The standard InChI is InChI=1S/C10H12OS/c1-7-6-8-9(11)4-2-3-5-10(8)12-7/h6H,2-5H2,1H3. The molecule has 0 aliphatic heterocycles. The molecular weight excluding hydrogens is 168 g/mol.